The molecule has 0 bridgehead atoms. The van der Waals surface area contributed by atoms with Gasteiger partial charge in [-0.15, -0.1) is 11.3 Å². The molecule has 0 spiro atoms. The van der Waals surface area contributed by atoms with Crippen LogP contribution in [0, 0.1) is 29.0 Å². The standard InChI is InChI=1S/C30H30F4N4O3S2/c31-21-7-10-25(36-18-21)29-37-27(24-4-2-1-3-23(24)26(39)15-19(17-35)16-30(32,33)34)28(42-29)20-5-8-22(9-6-20)38-11-13-43(40,41)14-12-38/h5-10,18-19,23-24H,1-4,11-16H2/t19?,23-,24-/m1/s1. The van der Waals surface area contributed by atoms with Crippen molar-refractivity contribution >= 4 is 32.6 Å². The van der Waals surface area contributed by atoms with Crippen molar-refractivity contribution in [2.75, 3.05) is 29.5 Å². The van der Waals surface area contributed by atoms with Gasteiger partial charge in [0.05, 0.1) is 52.4 Å². The van der Waals surface area contributed by atoms with E-state index >= 15 is 0 Å². The van der Waals surface area contributed by atoms with Gasteiger partial charge in [0.1, 0.15) is 16.6 Å². The topological polar surface area (TPSA) is 104 Å². The normalized spacial score (nSPS) is 21.2. The molecule has 3 aromatic rings. The van der Waals surface area contributed by atoms with Crippen LogP contribution < -0.4 is 4.90 Å². The fourth-order valence-electron chi connectivity index (χ4n) is 5.88. The Morgan fingerprint density at radius 3 is 2.42 bits per heavy atom. The van der Waals surface area contributed by atoms with Gasteiger partial charge in [-0.2, -0.15) is 18.4 Å². The number of alkyl halides is 3. The number of thiazole rings is 1. The average Bonchev–Trinajstić information content (AvgIpc) is 3.42. The number of pyridine rings is 1. The molecule has 1 aliphatic heterocycles. The SMILES string of the molecule is N#CC(CC(=O)[C@@H]1CCCC[C@H]1c1nc(-c2ccc(F)cn2)sc1-c1ccc(N2CCS(=O)(=O)CC2)cc1)CC(F)(F)F. The summed E-state index contributed by atoms with van der Waals surface area (Å²) in [4.78, 5) is 25.3. The molecule has 5 rings (SSSR count). The Morgan fingerprint density at radius 2 is 1.79 bits per heavy atom. The van der Waals surface area contributed by atoms with Crippen LogP contribution in [0.4, 0.5) is 23.2 Å². The molecule has 1 aromatic carbocycles. The van der Waals surface area contributed by atoms with Crippen LogP contribution in [-0.4, -0.2) is 54.9 Å². The van der Waals surface area contributed by atoms with Crippen LogP contribution in [-0.2, 0) is 14.6 Å². The van der Waals surface area contributed by atoms with Gasteiger partial charge in [0.15, 0.2) is 9.84 Å². The molecular weight excluding hydrogens is 604 g/mol. The zero-order valence-corrected chi connectivity index (χ0v) is 24.8. The van der Waals surface area contributed by atoms with Crippen molar-refractivity contribution in [2.24, 2.45) is 11.8 Å². The van der Waals surface area contributed by atoms with Gasteiger partial charge in [0, 0.05) is 37.0 Å². The second kappa shape index (κ2) is 12.7. The molecule has 2 fully saturated rings. The minimum atomic E-state index is -4.54. The lowest BCUT2D eigenvalue weighted by Gasteiger charge is -2.31. The number of ketones is 1. The number of benzene rings is 1. The fraction of sp³-hybridized carbons (Fsp3) is 0.467. The van der Waals surface area contributed by atoms with Gasteiger partial charge in [0.2, 0.25) is 0 Å². The van der Waals surface area contributed by atoms with Crippen molar-refractivity contribution in [1.29, 1.82) is 5.26 Å². The number of aromatic nitrogens is 2. The highest BCUT2D eigenvalue weighted by Gasteiger charge is 2.39. The van der Waals surface area contributed by atoms with Crippen LogP contribution in [0.2, 0.25) is 0 Å². The third kappa shape index (κ3) is 7.59. The molecule has 43 heavy (non-hydrogen) atoms. The number of nitrogens with zero attached hydrogens (tertiary/aromatic N) is 4. The predicted molar refractivity (Wildman–Crippen MR) is 156 cm³/mol. The van der Waals surface area contributed by atoms with Crippen LogP contribution in [0.15, 0.2) is 42.6 Å². The Morgan fingerprint density at radius 1 is 1.09 bits per heavy atom. The minimum Gasteiger partial charge on any atom is -0.369 e. The first-order valence-corrected chi connectivity index (χ1v) is 16.7. The van der Waals surface area contributed by atoms with Crippen LogP contribution in [0.1, 0.15) is 50.1 Å². The van der Waals surface area contributed by atoms with Crippen LogP contribution in [0.3, 0.4) is 0 Å². The van der Waals surface area contributed by atoms with E-state index in [1.807, 2.05) is 29.2 Å². The molecule has 0 radical (unpaired) electrons. The number of carbonyl (C=O) groups excluding carboxylic acids is 1. The smallest absolute Gasteiger partial charge is 0.369 e. The Balaban J connectivity index is 1.48. The van der Waals surface area contributed by atoms with E-state index in [0.717, 1.165) is 35.2 Å². The van der Waals surface area contributed by atoms with Gasteiger partial charge in [-0.3, -0.25) is 9.78 Å². The van der Waals surface area contributed by atoms with Crippen molar-refractivity contribution in [3.05, 3.63) is 54.1 Å². The van der Waals surface area contributed by atoms with Crippen molar-refractivity contribution < 1.29 is 30.8 Å². The largest absolute Gasteiger partial charge is 0.390 e. The lowest BCUT2D eigenvalue weighted by atomic mass is 9.73. The van der Waals surface area contributed by atoms with Gasteiger partial charge in [0.25, 0.3) is 0 Å². The van der Waals surface area contributed by atoms with E-state index in [2.05, 4.69) is 4.98 Å². The van der Waals surface area contributed by atoms with Gasteiger partial charge in [-0.1, -0.05) is 25.0 Å². The minimum absolute atomic E-state index is 0.0918. The maximum atomic E-state index is 13.6. The molecule has 1 unspecified atom stereocenters. The van der Waals surface area contributed by atoms with Gasteiger partial charge in [-0.05, 0) is 42.7 Å². The molecule has 3 heterocycles. The van der Waals surface area contributed by atoms with Gasteiger partial charge in [-0.25, -0.2) is 17.8 Å². The predicted octanol–water partition coefficient (Wildman–Crippen LogP) is 6.57. The molecule has 13 heteroatoms. The number of hydrogen-bond donors (Lipinski definition) is 0. The molecule has 1 saturated heterocycles. The number of Topliss-reactive ketones (excluding diaryl/α,β-unsaturated/α-hetero) is 1. The second-order valence-corrected chi connectivity index (χ2v) is 14.4. The molecule has 0 amide bonds. The maximum Gasteiger partial charge on any atom is 0.390 e. The second-order valence-electron chi connectivity index (χ2n) is 11.1. The maximum absolute atomic E-state index is 13.6. The molecule has 7 nitrogen and oxygen atoms in total. The molecule has 1 aliphatic carbocycles. The van der Waals surface area contributed by atoms with Crippen molar-refractivity contribution in [3.8, 4) is 27.2 Å². The molecule has 1 saturated carbocycles. The molecular formula is C30H30F4N4O3S2. The Bertz CT molecular complexity index is 1590. The summed E-state index contributed by atoms with van der Waals surface area (Å²) < 4.78 is 76.3. The zero-order chi connectivity index (χ0) is 30.8. The summed E-state index contributed by atoms with van der Waals surface area (Å²) in [5.41, 5.74) is 2.80. The number of carbonyl (C=O) groups is 1. The first-order valence-electron chi connectivity index (χ1n) is 14.1. The van der Waals surface area contributed by atoms with E-state index in [9.17, 15) is 36.0 Å². The van der Waals surface area contributed by atoms with Crippen LogP contribution in [0.25, 0.3) is 21.1 Å². The van der Waals surface area contributed by atoms with E-state index in [0.29, 0.717) is 42.3 Å². The number of nitriles is 1. The van der Waals surface area contributed by atoms with Crippen molar-refractivity contribution in [2.45, 2.75) is 50.6 Å². The summed E-state index contributed by atoms with van der Waals surface area (Å²) in [6, 6.07) is 12.1. The first kappa shape index (κ1) is 31.1. The Hall–Kier alpha value is -3.37. The summed E-state index contributed by atoms with van der Waals surface area (Å²) in [5, 5.41) is 9.85. The summed E-state index contributed by atoms with van der Waals surface area (Å²) in [6.07, 6.45) is -2.58. The number of hydrogen-bond acceptors (Lipinski definition) is 8. The molecule has 2 aliphatic rings. The summed E-state index contributed by atoms with van der Waals surface area (Å²) in [6.45, 7) is 0.801. The molecule has 2 aromatic heterocycles. The highest BCUT2D eigenvalue weighted by atomic mass is 32.2. The van der Waals surface area contributed by atoms with E-state index in [-0.39, 0.29) is 23.2 Å². The quantitative estimate of drug-likeness (QED) is 0.258. The highest BCUT2D eigenvalue weighted by molar-refractivity contribution is 7.91. The molecule has 228 valence electrons. The number of rotatable bonds is 8. The first-order chi connectivity index (χ1) is 20.4. The van der Waals surface area contributed by atoms with E-state index in [1.165, 1.54) is 23.5 Å². The van der Waals surface area contributed by atoms with Crippen molar-refractivity contribution in [1.82, 2.24) is 9.97 Å². The number of halogens is 4. The lowest BCUT2D eigenvalue weighted by molar-refractivity contribution is -0.143. The average molecular weight is 635 g/mol. The third-order valence-electron chi connectivity index (χ3n) is 8.08. The monoisotopic (exact) mass is 634 g/mol. The van der Waals surface area contributed by atoms with Gasteiger partial charge >= 0.3 is 6.18 Å². The van der Waals surface area contributed by atoms with Crippen LogP contribution in [0.5, 0.6) is 0 Å². The Labute approximate surface area is 251 Å². The summed E-state index contributed by atoms with van der Waals surface area (Å²) >= 11 is 1.35. The van der Waals surface area contributed by atoms with E-state index in [1.54, 1.807) is 6.07 Å². The summed E-state index contributed by atoms with van der Waals surface area (Å²) in [7, 11) is -3.03. The molecule has 0 N–H and O–H groups in total. The zero-order valence-electron chi connectivity index (χ0n) is 23.2. The highest BCUT2D eigenvalue weighted by Crippen LogP contribution is 2.46. The Kier molecular flexibility index (Phi) is 9.18. The van der Waals surface area contributed by atoms with Crippen LogP contribution >= 0.6 is 11.3 Å². The lowest BCUT2D eigenvalue weighted by Crippen LogP contribution is -2.40. The summed E-state index contributed by atoms with van der Waals surface area (Å²) in [5.74, 6) is -3.06. The number of sulfone groups is 1. The van der Waals surface area contributed by atoms with E-state index in [4.69, 9.17) is 4.98 Å². The number of anilines is 1. The van der Waals surface area contributed by atoms with E-state index < -0.39 is 46.5 Å². The molecule has 3 atom stereocenters. The van der Waals surface area contributed by atoms with Gasteiger partial charge < -0.3 is 4.90 Å². The fourth-order valence-corrected chi connectivity index (χ4v) is 8.20. The third-order valence-corrected chi connectivity index (χ3v) is 10.8. The van der Waals surface area contributed by atoms with Crippen molar-refractivity contribution in [3.63, 3.8) is 0 Å².